The molecule has 0 amide bonds. The number of nitrogens with zero attached hydrogens (tertiary/aromatic N) is 1. The second-order valence-corrected chi connectivity index (χ2v) is 12.4. The van der Waals surface area contributed by atoms with Crippen LogP contribution in [0.3, 0.4) is 0 Å². The molecule has 2 aliphatic heterocycles. The van der Waals surface area contributed by atoms with Crippen LogP contribution in [0, 0.1) is 0 Å². The van der Waals surface area contributed by atoms with E-state index >= 15 is 0 Å². The average molecular weight is 423 g/mol. The molecule has 1 saturated heterocycles. The molecule has 1 N–H and O–H groups in total. The average Bonchev–Trinajstić information content (AvgIpc) is 3.01. The molecule has 4 rings (SSSR count). The zero-order valence-electron chi connectivity index (χ0n) is 16.2. The van der Waals surface area contributed by atoms with Crippen molar-refractivity contribution < 1.29 is 4.39 Å². The Kier molecular flexibility index (Phi) is 5.49. The van der Waals surface area contributed by atoms with E-state index in [1.807, 2.05) is 17.2 Å². The van der Waals surface area contributed by atoms with E-state index < -0.39 is 7.41 Å². The summed E-state index contributed by atoms with van der Waals surface area (Å²) in [5.74, 6) is -0.301. The molecule has 0 spiro atoms. The van der Waals surface area contributed by atoms with Gasteiger partial charge in [0, 0.05) is 0 Å². The molecule has 2 aliphatic rings. The van der Waals surface area contributed by atoms with E-state index in [1.165, 1.54) is 22.5 Å². The number of halogens is 1. The summed E-state index contributed by atoms with van der Waals surface area (Å²) < 4.78 is 15.2. The normalized spacial score (nSPS) is 19.1. The first kappa shape index (κ1) is 19.8. The van der Waals surface area contributed by atoms with Gasteiger partial charge in [0.2, 0.25) is 0 Å². The van der Waals surface area contributed by atoms with E-state index in [0.717, 1.165) is 16.1 Å². The molecule has 29 heavy (non-hydrogen) atoms. The third-order valence-corrected chi connectivity index (χ3v) is 11.3. The van der Waals surface area contributed by atoms with Crippen molar-refractivity contribution in [3.8, 4) is 0 Å². The Morgan fingerprint density at radius 2 is 1.66 bits per heavy atom. The molecule has 1 fully saturated rings. The molecule has 2 aromatic rings. The molecular weight excluding hydrogens is 398 g/mol. The van der Waals surface area contributed by atoms with E-state index in [2.05, 4.69) is 73.4 Å². The summed E-state index contributed by atoms with van der Waals surface area (Å²) in [5.41, 5.74) is 2.93. The van der Waals surface area contributed by atoms with Crippen molar-refractivity contribution in [1.29, 1.82) is 0 Å². The molecule has 0 aliphatic carbocycles. The minimum absolute atomic E-state index is 0.301. The van der Waals surface area contributed by atoms with Gasteiger partial charge in [0.05, 0.1) is 0 Å². The molecule has 0 unspecified atom stereocenters. The van der Waals surface area contributed by atoms with E-state index in [0.29, 0.717) is 12.0 Å². The maximum absolute atomic E-state index is 14.1. The van der Waals surface area contributed by atoms with Gasteiger partial charge in [-0.15, -0.1) is 0 Å². The molecule has 2 heterocycles. The number of nitrogens with one attached hydrogen (secondary N) is 1. The van der Waals surface area contributed by atoms with Gasteiger partial charge in [-0.2, -0.15) is 0 Å². The second-order valence-electron chi connectivity index (χ2n) is 7.27. The van der Waals surface area contributed by atoms with Gasteiger partial charge in [-0.05, 0) is 0 Å². The van der Waals surface area contributed by atoms with Crippen molar-refractivity contribution in [1.82, 2.24) is 9.99 Å². The number of hydrogen-bond donors (Lipinski definition) is 1. The van der Waals surface area contributed by atoms with Gasteiger partial charge in [0.1, 0.15) is 0 Å². The first-order valence-corrected chi connectivity index (χ1v) is 12.5. The summed E-state index contributed by atoms with van der Waals surface area (Å²) in [6, 6.07) is 19.2. The zero-order chi connectivity index (χ0) is 20.4. The minimum atomic E-state index is -2.41. The Hall–Kier alpha value is -2.55. The van der Waals surface area contributed by atoms with Crippen LogP contribution in [0.15, 0.2) is 114 Å². The van der Waals surface area contributed by atoms with Gasteiger partial charge in [-0.3, -0.25) is 0 Å². The zero-order valence-corrected chi connectivity index (χ0v) is 18.0. The molecule has 0 atom stereocenters. The van der Waals surface area contributed by atoms with E-state index in [9.17, 15) is 4.39 Å². The standard InChI is InChI=1S/C24H24FN2PS/c1-18-24(25)10-7-15-27(18)17-28(20(3)29-19(2)26-28)23-13-11-22(12-14-23)16-21-8-5-4-6-9-21/h4-15,26,28H,1-3,16-17H2. The van der Waals surface area contributed by atoms with Crippen molar-refractivity contribution in [3.63, 3.8) is 0 Å². The van der Waals surface area contributed by atoms with E-state index in [1.54, 1.807) is 17.8 Å². The first-order valence-electron chi connectivity index (χ1n) is 9.45. The molecular formula is C24H24FN2PS. The molecule has 5 heteroatoms. The van der Waals surface area contributed by atoms with Crippen molar-refractivity contribution in [3.05, 3.63) is 125 Å². The van der Waals surface area contributed by atoms with E-state index in [4.69, 9.17) is 0 Å². The maximum atomic E-state index is 14.1. The van der Waals surface area contributed by atoms with Crippen molar-refractivity contribution in [2.45, 2.75) is 6.42 Å². The van der Waals surface area contributed by atoms with Crippen LogP contribution in [-0.4, -0.2) is 11.2 Å². The van der Waals surface area contributed by atoms with Gasteiger partial charge in [-0.25, -0.2) is 0 Å². The Morgan fingerprint density at radius 3 is 2.31 bits per heavy atom. The van der Waals surface area contributed by atoms with Gasteiger partial charge in [0.15, 0.2) is 0 Å². The summed E-state index contributed by atoms with van der Waals surface area (Å²) in [6.07, 6.45) is 6.55. The predicted molar refractivity (Wildman–Crippen MR) is 127 cm³/mol. The molecule has 2 nitrogen and oxygen atoms in total. The van der Waals surface area contributed by atoms with Crippen LogP contribution in [0.5, 0.6) is 0 Å². The predicted octanol–water partition coefficient (Wildman–Crippen LogP) is 6.00. The van der Waals surface area contributed by atoms with Gasteiger partial charge in [-0.1, -0.05) is 0 Å². The van der Waals surface area contributed by atoms with Gasteiger partial charge < -0.3 is 0 Å². The molecule has 148 valence electrons. The molecule has 0 radical (unpaired) electrons. The topological polar surface area (TPSA) is 15.3 Å². The van der Waals surface area contributed by atoms with Crippen molar-refractivity contribution in [2.24, 2.45) is 0 Å². The van der Waals surface area contributed by atoms with Gasteiger partial charge in [0.25, 0.3) is 0 Å². The van der Waals surface area contributed by atoms with Gasteiger partial charge >= 0.3 is 177 Å². The SMILES string of the molecule is C=C1N[PH](CN2C=CC=C(F)C2=C)(c2ccc(Cc3ccccc3)cc2)C(=C)S1. The summed E-state index contributed by atoms with van der Waals surface area (Å²) in [6.45, 7) is 12.4. The third-order valence-electron chi connectivity index (χ3n) is 5.31. The fourth-order valence-electron chi connectivity index (χ4n) is 3.72. The van der Waals surface area contributed by atoms with Crippen LogP contribution in [0.4, 0.5) is 4.39 Å². The van der Waals surface area contributed by atoms with Crippen LogP contribution in [-0.2, 0) is 6.42 Å². The number of allylic oxidation sites excluding steroid dienone is 3. The molecule has 0 saturated carbocycles. The fourth-order valence-corrected chi connectivity index (χ4v) is 9.57. The van der Waals surface area contributed by atoms with Crippen molar-refractivity contribution in [2.75, 3.05) is 6.29 Å². The summed E-state index contributed by atoms with van der Waals surface area (Å²) >= 11 is 1.59. The van der Waals surface area contributed by atoms with Crippen LogP contribution in [0.1, 0.15) is 11.1 Å². The number of rotatable bonds is 5. The Morgan fingerprint density at radius 1 is 0.966 bits per heavy atom. The number of benzene rings is 2. The molecule has 0 bridgehead atoms. The van der Waals surface area contributed by atoms with Crippen molar-refractivity contribution >= 4 is 24.5 Å². The number of hydrogen-bond acceptors (Lipinski definition) is 3. The quantitative estimate of drug-likeness (QED) is 0.595. The molecule has 0 aromatic heterocycles. The monoisotopic (exact) mass is 422 g/mol. The number of thioether (sulfide) groups is 1. The first-order chi connectivity index (χ1) is 14.0. The Balaban J connectivity index is 1.63. The Labute approximate surface area is 176 Å². The third kappa shape index (κ3) is 3.96. The van der Waals surface area contributed by atoms with E-state index in [-0.39, 0.29) is 5.83 Å². The second kappa shape index (κ2) is 8.06. The van der Waals surface area contributed by atoms with Crippen LogP contribution in [0.25, 0.3) is 0 Å². The van der Waals surface area contributed by atoms with Crippen LogP contribution >= 0.6 is 19.2 Å². The van der Waals surface area contributed by atoms with Crippen LogP contribution < -0.4 is 10.4 Å². The summed E-state index contributed by atoms with van der Waals surface area (Å²) in [5, 5.41) is 5.74. The Bertz CT molecular complexity index is 1030. The van der Waals surface area contributed by atoms with Crippen LogP contribution in [0.2, 0.25) is 0 Å². The summed E-state index contributed by atoms with van der Waals surface area (Å²) in [4.78, 5) is 1.89. The summed E-state index contributed by atoms with van der Waals surface area (Å²) in [7, 11) is -2.41. The fraction of sp³-hybridized carbons (Fsp3) is 0.0833. The molecule has 2 aromatic carbocycles.